The zero-order valence-electron chi connectivity index (χ0n) is 11.8. The molecule has 1 heterocycles. The smallest absolute Gasteiger partial charge is 0.194 e. The van der Waals surface area contributed by atoms with E-state index in [4.69, 9.17) is 5.84 Å². The maximum absolute atomic E-state index is 13.3. The van der Waals surface area contributed by atoms with Gasteiger partial charge in [0, 0.05) is 16.8 Å². The molecule has 0 atom stereocenters. The molecule has 0 aliphatic carbocycles. The summed E-state index contributed by atoms with van der Waals surface area (Å²) in [6.07, 6.45) is 0. The lowest BCUT2D eigenvalue weighted by Crippen LogP contribution is -2.14. The van der Waals surface area contributed by atoms with Gasteiger partial charge in [-0.3, -0.25) is 0 Å². The number of hydrogen-bond donors (Lipinski definition) is 2. The lowest BCUT2D eigenvalue weighted by atomic mass is 10.0. The summed E-state index contributed by atoms with van der Waals surface area (Å²) in [5.41, 5.74) is 3.94. The number of aryl methyl sites for hydroxylation is 1. The highest BCUT2D eigenvalue weighted by molar-refractivity contribution is 5.60. The second-order valence-electron chi connectivity index (χ2n) is 4.95. The highest BCUT2D eigenvalue weighted by atomic mass is 19.2. The first kappa shape index (κ1) is 15.2. The Kier molecular flexibility index (Phi) is 4.13. The van der Waals surface area contributed by atoms with Gasteiger partial charge in [-0.25, -0.2) is 29.0 Å². The van der Waals surface area contributed by atoms with Crippen LogP contribution >= 0.6 is 0 Å². The van der Waals surface area contributed by atoms with Crippen molar-refractivity contribution in [2.75, 3.05) is 5.43 Å². The Morgan fingerprint density at radius 2 is 1.67 bits per heavy atom. The van der Waals surface area contributed by atoms with Crippen molar-refractivity contribution >= 4 is 5.82 Å². The standard InChI is InChI=1S/C14H15F3N4/c1-6(2)11-7(3)19-13(20-14(11)21-18)8-4-9(15)12(17)10(16)5-8/h4-6H,18H2,1-3H3,(H,19,20,21). The fourth-order valence-corrected chi connectivity index (χ4v) is 2.20. The van der Waals surface area contributed by atoms with Gasteiger partial charge in [0.15, 0.2) is 23.3 Å². The van der Waals surface area contributed by atoms with E-state index in [1.54, 1.807) is 6.92 Å². The Labute approximate surface area is 120 Å². The van der Waals surface area contributed by atoms with Gasteiger partial charge in [-0.2, -0.15) is 0 Å². The Morgan fingerprint density at radius 3 is 2.14 bits per heavy atom. The van der Waals surface area contributed by atoms with Gasteiger partial charge < -0.3 is 5.43 Å². The highest BCUT2D eigenvalue weighted by Crippen LogP contribution is 2.28. The predicted molar refractivity (Wildman–Crippen MR) is 74.0 cm³/mol. The third-order valence-electron chi connectivity index (χ3n) is 3.09. The maximum Gasteiger partial charge on any atom is 0.194 e. The first-order valence-corrected chi connectivity index (χ1v) is 6.35. The second-order valence-corrected chi connectivity index (χ2v) is 4.95. The lowest BCUT2D eigenvalue weighted by molar-refractivity contribution is 0.447. The Hall–Kier alpha value is -2.15. The molecule has 0 fully saturated rings. The molecule has 0 spiro atoms. The number of nitrogens with one attached hydrogen (secondary N) is 1. The van der Waals surface area contributed by atoms with Crippen molar-refractivity contribution in [3.8, 4) is 11.4 Å². The van der Waals surface area contributed by atoms with Gasteiger partial charge in [0.05, 0.1) is 0 Å². The van der Waals surface area contributed by atoms with E-state index >= 15 is 0 Å². The number of halogens is 3. The fourth-order valence-electron chi connectivity index (χ4n) is 2.20. The normalized spacial score (nSPS) is 11.0. The van der Waals surface area contributed by atoms with E-state index in [0.29, 0.717) is 11.5 Å². The Balaban J connectivity index is 2.63. The summed E-state index contributed by atoms with van der Waals surface area (Å²) < 4.78 is 39.6. The summed E-state index contributed by atoms with van der Waals surface area (Å²) in [6, 6.07) is 1.70. The van der Waals surface area contributed by atoms with E-state index in [-0.39, 0.29) is 17.3 Å². The summed E-state index contributed by atoms with van der Waals surface area (Å²) in [5, 5.41) is 0. The van der Waals surface area contributed by atoms with Gasteiger partial charge in [-0.05, 0) is 25.0 Å². The van der Waals surface area contributed by atoms with Gasteiger partial charge in [0.2, 0.25) is 0 Å². The summed E-state index contributed by atoms with van der Waals surface area (Å²) in [6.45, 7) is 5.64. The molecule has 21 heavy (non-hydrogen) atoms. The third-order valence-corrected chi connectivity index (χ3v) is 3.09. The molecule has 0 unspecified atom stereocenters. The highest BCUT2D eigenvalue weighted by Gasteiger charge is 2.17. The molecule has 4 nitrogen and oxygen atoms in total. The van der Waals surface area contributed by atoms with Gasteiger partial charge in [0.25, 0.3) is 0 Å². The Bertz CT molecular complexity index is 663. The van der Waals surface area contributed by atoms with Crippen molar-refractivity contribution in [3.05, 3.63) is 40.8 Å². The molecule has 0 saturated carbocycles. The number of aromatic nitrogens is 2. The van der Waals surface area contributed by atoms with Crippen LogP contribution in [-0.2, 0) is 0 Å². The molecule has 0 amide bonds. The van der Waals surface area contributed by atoms with Crippen molar-refractivity contribution in [3.63, 3.8) is 0 Å². The molecule has 1 aromatic carbocycles. The van der Waals surface area contributed by atoms with Crippen LogP contribution in [0.2, 0.25) is 0 Å². The van der Waals surface area contributed by atoms with Crippen LogP contribution in [0.25, 0.3) is 11.4 Å². The summed E-state index contributed by atoms with van der Waals surface area (Å²) >= 11 is 0. The van der Waals surface area contributed by atoms with Crippen LogP contribution in [0.1, 0.15) is 31.0 Å². The van der Waals surface area contributed by atoms with E-state index in [0.717, 1.165) is 17.7 Å². The number of rotatable bonds is 3. The zero-order valence-corrected chi connectivity index (χ0v) is 11.8. The summed E-state index contributed by atoms with van der Waals surface area (Å²) in [4.78, 5) is 8.38. The minimum atomic E-state index is -1.52. The number of nitrogen functional groups attached to an aromatic ring is 1. The van der Waals surface area contributed by atoms with Crippen LogP contribution in [0.15, 0.2) is 12.1 Å². The van der Waals surface area contributed by atoms with Gasteiger partial charge in [-0.1, -0.05) is 13.8 Å². The van der Waals surface area contributed by atoms with Gasteiger partial charge in [0.1, 0.15) is 5.82 Å². The van der Waals surface area contributed by atoms with Crippen LogP contribution in [0.5, 0.6) is 0 Å². The molecule has 0 aliphatic heterocycles. The van der Waals surface area contributed by atoms with Crippen LogP contribution in [0.3, 0.4) is 0 Å². The Morgan fingerprint density at radius 1 is 1.10 bits per heavy atom. The van der Waals surface area contributed by atoms with Crippen LogP contribution in [0, 0.1) is 24.4 Å². The minimum Gasteiger partial charge on any atom is -0.308 e. The molecule has 0 radical (unpaired) electrons. The van der Waals surface area contributed by atoms with E-state index in [2.05, 4.69) is 15.4 Å². The number of hydrazine groups is 1. The molecule has 0 bridgehead atoms. The first-order valence-electron chi connectivity index (χ1n) is 6.35. The molecule has 2 rings (SSSR count). The van der Waals surface area contributed by atoms with Crippen LogP contribution in [-0.4, -0.2) is 9.97 Å². The van der Waals surface area contributed by atoms with Crippen LogP contribution in [0.4, 0.5) is 19.0 Å². The molecular weight excluding hydrogens is 281 g/mol. The third kappa shape index (κ3) is 2.82. The van der Waals surface area contributed by atoms with Crippen LogP contribution < -0.4 is 11.3 Å². The number of nitrogens with zero attached hydrogens (tertiary/aromatic N) is 2. The molecule has 1 aromatic heterocycles. The number of anilines is 1. The molecule has 0 aliphatic rings. The fraction of sp³-hybridized carbons (Fsp3) is 0.286. The predicted octanol–water partition coefficient (Wildman–Crippen LogP) is 3.28. The summed E-state index contributed by atoms with van der Waals surface area (Å²) in [7, 11) is 0. The minimum absolute atomic E-state index is 0.0429. The lowest BCUT2D eigenvalue weighted by Gasteiger charge is -2.15. The summed E-state index contributed by atoms with van der Waals surface area (Å²) in [5.74, 6) is 1.90. The van der Waals surface area contributed by atoms with E-state index in [9.17, 15) is 13.2 Å². The second kappa shape index (κ2) is 5.69. The number of nitrogens with two attached hydrogens (primary N) is 1. The first-order chi connectivity index (χ1) is 9.85. The van der Waals surface area contributed by atoms with Crippen molar-refractivity contribution in [1.29, 1.82) is 0 Å². The van der Waals surface area contributed by atoms with E-state index in [1.807, 2.05) is 13.8 Å². The topological polar surface area (TPSA) is 63.8 Å². The van der Waals surface area contributed by atoms with Crippen molar-refractivity contribution in [1.82, 2.24) is 9.97 Å². The molecule has 2 aromatic rings. The van der Waals surface area contributed by atoms with Crippen molar-refractivity contribution in [2.24, 2.45) is 5.84 Å². The van der Waals surface area contributed by atoms with E-state index < -0.39 is 17.5 Å². The van der Waals surface area contributed by atoms with Gasteiger partial charge >= 0.3 is 0 Å². The SMILES string of the molecule is Cc1nc(-c2cc(F)c(F)c(F)c2)nc(NN)c1C(C)C. The molecule has 112 valence electrons. The maximum atomic E-state index is 13.3. The average Bonchev–Trinajstić information content (AvgIpc) is 2.42. The largest absolute Gasteiger partial charge is 0.308 e. The van der Waals surface area contributed by atoms with Crippen molar-refractivity contribution < 1.29 is 13.2 Å². The molecule has 0 saturated heterocycles. The monoisotopic (exact) mass is 296 g/mol. The van der Waals surface area contributed by atoms with Crippen molar-refractivity contribution in [2.45, 2.75) is 26.7 Å². The number of benzene rings is 1. The van der Waals surface area contributed by atoms with E-state index in [1.165, 1.54) is 0 Å². The zero-order chi connectivity index (χ0) is 15.7. The average molecular weight is 296 g/mol. The molecule has 3 N–H and O–H groups in total. The molecule has 7 heteroatoms. The number of hydrogen-bond acceptors (Lipinski definition) is 4. The quantitative estimate of drug-likeness (QED) is 0.518. The molecular formula is C14H15F3N4. The van der Waals surface area contributed by atoms with Gasteiger partial charge in [-0.15, -0.1) is 0 Å².